The van der Waals surface area contributed by atoms with Crippen LogP contribution in [0.25, 0.3) is 11.0 Å². The minimum Gasteiger partial charge on any atom is -0.462 e. The maximum absolute atomic E-state index is 12.5. The second kappa shape index (κ2) is 8.95. The average Bonchev–Trinajstić information content (AvgIpc) is 3.07. The van der Waals surface area contributed by atoms with Crippen molar-refractivity contribution in [2.24, 2.45) is 7.05 Å². The van der Waals surface area contributed by atoms with E-state index in [0.717, 1.165) is 41.1 Å². The average molecular weight is 426 g/mol. The molecule has 1 aromatic carbocycles. The number of hydrogen-bond acceptors (Lipinski definition) is 7. The molecular formula is C22H27N5O2S. The summed E-state index contributed by atoms with van der Waals surface area (Å²) in [6.45, 7) is 6.83. The molecule has 3 aromatic rings. The molecule has 0 saturated carbocycles. The number of hydrogen-bond donors (Lipinski definition) is 1. The van der Waals surface area contributed by atoms with Crippen LogP contribution in [0.15, 0.2) is 30.5 Å². The Morgan fingerprint density at radius 1 is 1.23 bits per heavy atom. The van der Waals surface area contributed by atoms with Crippen molar-refractivity contribution in [2.45, 2.75) is 20.4 Å². The van der Waals surface area contributed by atoms with Gasteiger partial charge in [-0.3, -0.25) is 4.68 Å². The standard InChI is InChI=1S/C22H27N5O2S/c1-4-29-22(28)18-14-24-21-19(15(2)25-26(21)3)20(18)23-13-16-5-7-17(8-6-16)27-9-11-30-12-10-27/h5-8,14H,4,9-13H2,1-3H3,(H,23,24). The fourth-order valence-electron chi connectivity index (χ4n) is 3.80. The monoisotopic (exact) mass is 425 g/mol. The van der Waals surface area contributed by atoms with Gasteiger partial charge in [-0.15, -0.1) is 0 Å². The van der Waals surface area contributed by atoms with Crippen molar-refractivity contribution >= 4 is 40.1 Å². The first kappa shape index (κ1) is 20.5. The summed E-state index contributed by atoms with van der Waals surface area (Å²) in [7, 11) is 1.86. The topological polar surface area (TPSA) is 72.3 Å². The largest absolute Gasteiger partial charge is 0.462 e. The zero-order valence-corrected chi connectivity index (χ0v) is 18.5. The van der Waals surface area contributed by atoms with E-state index < -0.39 is 0 Å². The van der Waals surface area contributed by atoms with Gasteiger partial charge in [-0.1, -0.05) is 12.1 Å². The van der Waals surface area contributed by atoms with Gasteiger partial charge in [-0.05, 0) is 31.5 Å². The molecule has 0 radical (unpaired) electrons. The zero-order chi connectivity index (χ0) is 21.1. The molecule has 3 heterocycles. The van der Waals surface area contributed by atoms with Crippen molar-refractivity contribution in [3.05, 3.63) is 47.3 Å². The van der Waals surface area contributed by atoms with Crippen LogP contribution in [-0.2, 0) is 18.3 Å². The Hall–Kier alpha value is -2.74. The van der Waals surface area contributed by atoms with E-state index in [1.807, 2.05) is 25.7 Å². The van der Waals surface area contributed by atoms with Crippen molar-refractivity contribution in [1.82, 2.24) is 14.8 Å². The van der Waals surface area contributed by atoms with Crippen molar-refractivity contribution in [1.29, 1.82) is 0 Å². The molecule has 1 fully saturated rings. The Morgan fingerprint density at radius 2 is 1.97 bits per heavy atom. The minimum atomic E-state index is -0.379. The normalized spacial score (nSPS) is 14.2. The van der Waals surface area contributed by atoms with Gasteiger partial charge in [-0.25, -0.2) is 9.78 Å². The van der Waals surface area contributed by atoms with E-state index >= 15 is 0 Å². The molecule has 30 heavy (non-hydrogen) atoms. The molecule has 4 rings (SSSR count). The maximum Gasteiger partial charge on any atom is 0.341 e. The van der Waals surface area contributed by atoms with Crippen LogP contribution in [0.4, 0.5) is 11.4 Å². The number of benzene rings is 1. The van der Waals surface area contributed by atoms with Gasteiger partial charge in [0.1, 0.15) is 5.56 Å². The quantitative estimate of drug-likeness (QED) is 0.605. The summed E-state index contributed by atoms with van der Waals surface area (Å²) in [4.78, 5) is 19.4. The molecule has 1 aliphatic rings. The summed E-state index contributed by atoms with van der Waals surface area (Å²) in [6.07, 6.45) is 1.57. The highest BCUT2D eigenvalue weighted by molar-refractivity contribution is 7.99. The van der Waals surface area contributed by atoms with Crippen molar-refractivity contribution in [3.63, 3.8) is 0 Å². The first-order valence-corrected chi connectivity index (χ1v) is 11.4. The Bertz CT molecular complexity index is 1040. The van der Waals surface area contributed by atoms with Crippen molar-refractivity contribution in [2.75, 3.05) is 41.4 Å². The van der Waals surface area contributed by atoms with E-state index in [9.17, 15) is 4.79 Å². The number of ether oxygens (including phenoxy) is 1. The third-order valence-electron chi connectivity index (χ3n) is 5.30. The maximum atomic E-state index is 12.5. The molecule has 158 valence electrons. The van der Waals surface area contributed by atoms with E-state index in [4.69, 9.17) is 4.74 Å². The van der Waals surface area contributed by atoms with Crippen LogP contribution >= 0.6 is 11.8 Å². The van der Waals surface area contributed by atoms with Gasteiger partial charge < -0.3 is 15.0 Å². The Kier molecular flexibility index (Phi) is 6.13. The molecular weight excluding hydrogens is 398 g/mol. The third-order valence-corrected chi connectivity index (χ3v) is 6.25. The number of nitrogens with zero attached hydrogens (tertiary/aromatic N) is 4. The number of carbonyl (C=O) groups excluding carboxylic acids is 1. The summed E-state index contributed by atoms with van der Waals surface area (Å²) in [5.41, 5.74) is 5.13. The van der Waals surface area contributed by atoms with Gasteiger partial charge >= 0.3 is 5.97 Å². The number of esters is 1. The van der Waals surface area contributed by atoms with Gasteiger partial charge in [0.15, 0.2) is 5.65 Å². The van der Waals surface area contributed by atoms with Crippen molar-refractivity contribution in [3.8, 4) is 0 Å². The fourth-order valence-corrected chi connectivity index (χ4v) is 4.70. The molecule has 1 aliphatic heterocycles. The van der Waals surface area contributed by atoms with Gasteiger partial charge in [0.05, 0.1) is 23.4 Å². The predicted octanol–water partition coefficient (Wildman–Crippen LogP) is 3.62. The molecule has 1 N–H and O–H groups in total. The van der Waals surface area contributed by atoms with Gasteiger partial charge in [0, 0.05) is 50.1 Å². The summed E-state index contributed by atoms with van der Waals surface area (Å²) >= 11 is 2.01. The molecule has 0 bridgehead atoms. The SMILES string of the molecule is CCOC(=O)c1cnc2c(c(C)nn2C)c1NCc1ccc(N2CCSCC2)cc1. The van der Waals surface area contributed by atoms with Gasteiger partial charge in [0.2, 0.25) is 0 Å². The molecule has 0 spiro atoms. The number of aryl methyl sites for hydroxylation is 2. The predicted molar refractivity (Wildman–Crippen MR) is 123 cm³/mol. The van der Waals surface area contributed by atoms with Crippen LogP contribution in [0, 0.1) is 6.92 Å². The number of thioether (sulfide) groups is 1. The van der Waals surface area contributed by atoms with Gasteiger partial charge in [-0.2, -0.15) is 16.9 Å². The zero-order valence-electron chi connectivity index (χ0n) is 17.6. The first-order chi connectivity index (χ1) is 14.6. The summed E-state index contributed by atoms with van der Waals surface area (Å²) in [5, 5.41) is 8.78. The fraction of sp³-hybridized carbons (Fsp3) is 0.409. The molecule has 0 aliphatic carbocycles. The molecule has 8 heteroatoms. The Balaban J connectivity index is 1.59. The number of aromatic nitrogens is 3. The lowest BCUT2D eigenvalue weighted by atomic mass is 10.1. The molecule has 1 saturated heterocycles. The lowest BCUT2D eigenvalue weighted by Gasteiger charge is -2.28. The number of rotatable bonds is 6. The highest BCUT2D eigenvalue weighted by Crippen LogP contribution is 2.30. The third kappa shape index (κ3) is 4.09. The smallest absolute Gasteiger partial charge is 0.341 e. The second-order valence-electron chi connectivity index (χ2n) is 7.29. The van der Waals surface area contributed by atoms with E-state index in [2.05, 4.69) is 44.6 Å². The molecule has 7 nitrogen and oxygen atoms in total. The summed E-state index contributed by atoms with van der Waals surface area (Å²) < 4.78 is 6.98. The lowest BCUT2D eigenvalue weighted by molar-refractivity contribution is 0.0527. The first-order valence-electron chi connectivity index (χ1n) is 10.2. The molecule has 0 amide bonds. The van der Waals surface area contributed by atoms with E-state index in [0.29, 0.717) is 18.7 Å². The van der Waals surface area contributed by atoms with Crippen LogP contribution in [0.3, 0.4) is 0 Å². The summed E-state index contributed by atoms with van der Waals surface area (Å²) in [5.74, 6) is 1.99. The number of nitrogens with one attached hydrogen (secondary N) is 1. The Morgan fingerprint density at radius 3 is 2.67 bits per heavy atom. The van der Waals surface area contributed by atoms with Gasteiger partial charge in [0.25, 0.3) is 0 Å². The number of carbonyl (C=O) groups is 1. The minimum absolute atomic E-state index is 0.318. The molecule has 0 atom stereocenters. The highest BCUT2D eigenvalue weighted by Gasteiger charge is 2.20. The van der Waals surface area contributed by atoms with E-state index in [1.165, 1.54) is 17.2 Å². The van der Waals surface area contributed by atoms with Crippen LogP contribution < -0.4 is 10.2 Å². The number of pyridine rings is 1. The summed E-state index contributed by atoms with van der Waals surface area (Å²) in [6, 6.07) is 8.64. The number of fused-ring (bicyclic) bond motifs is 1. The van der Waals surface area contributed by atoms with Crippen LogP contribution in [-0.4, -0.2) is 51.9 Å². The van der Waals surface area contributed by atoms with Crippen LogP contribution in [0.5, 0.6) is 0 Å². The van der Waals surface area contributed by atoms with Crippen molar-refractivity contribution < 1.29 is 9.53 Å². The Labute approximate surface area is 180 Å². The van der Waals surface area contributed by atoms with Crippen LogP contribution in [0.2, 0.25) is 0 Å². The molecule has 0 unspecified atom stereocenters. The van der Waals surface area contributed by atoms with E-state index in [-0.39, 0.29) is 5.97 Å². The lowest BCUT2D eigenvalue weighted by Crippen LogP contribution is -2.32. The highest BCUT2D eigenvalue weighted by atomic mass is 32.2. The van der Waals surface area contributed by atoms with E-state index in [1.54, 1.807) is 17.8 Å². The van der Waals surface area contributed by atoms with Crippen LogP contribution in [0.1, 0.15) is 28.5 Å². The molecule has 2 aromatic heterocycles. The second-order valence-corrected chi connectivity index (χ2v) is 8.52. The number of anilines is 2.